The van der Waals surface area contributed by atoms with Gasteiger partial charge in [-0.25, -0.2) is 0 Å². The maximum absolute atomic E-state index is 12.5. The fourth-order valence-corrected chi connectivity index (χ4v) is 3.18. The number of nitriles is 1. The average Bonchev–Trinajstić information content (AvgIpc) is 3.12. The van der Waals surface area contributed by atoms with Crippen molar-refractivity contribution in [2.24, 2.45) is 0 Å². The first-order valence-corrected chi connectivity index (χ1v) is 8.23. The van der Waals surface area contributed by atoms with Crippen LogP contribution >= 0.6 is 0 Å². The van der Waals surface area contributed by atoms with Gasteiger partial charge in [-0.3, -0.25) is 4.79 Å². The Morgan fingerprint density at radius 1 is 1.11 bits per heavy atom. The molecule has 6 heteroatoms. The molecule has 0 aliphatic heterocycles. The molecule has 27 heavy (non-hydrogen) atoms. The second kappa shape index (κ2) is 6.39. The Labute approximate surface area is 154 Å². The summed E-state index contributed by atoms with van der Waals surface area (Å²) < 4.78 is 5.15. The molecule has 0 saturated carbocycles. The van der Waals surface area contributed by atoms with Crippen LogP contribution in [0, 0.1) is 11.3 Å². The fourth-order valence-electron chi connectivity index (χ4n) is 3.18. The molecule has 0 fully saturated rings. The molecule has 0 aliphatic rings. The Balaban J connectivity index is 1.98. The van der Waals surface area contributed by atoms with Crippen molar-refractivity contribution >= 4 is 10.9 Å². The first-order valence-electron chi connectivity index (χ1n) is 8.23. The number of hydrogen-bond acceptors (Lipinski definition) is 4. The number of methoxy groups -OCH3 is 1. The van der Waals surface area contributed by atoms with Crippen LogP contribution in [-0.4, -0.2) is 22.2 Å². The van der Waals surface area contributed by atoms with Crippen molar-refractivity contribution in [1.29, 1.82) is 5.26 Å². The van der Waals surface area contributed by atoms with Crippen molar-refractivity contribution in [1.82, 2.24) is 9.97 Å². The largest absolute Gasteiger partial charge is 0.504 e. The number of nitrogens with zero attached hydrogens (tertiary/aromatic N) is 1. The summed E-state index contributed by atoms with van der Waals surface area (Å²) in [6.45, 7) is 0. The number of H-pyrrole nitrogens is 2. The molecule has 4 rings (SSSR count). The second-order valence-electron chi connectivity index (χ2n) is 6.05. The van der Waals surface area contributed by atoms with Gasteiger partial charge in [0.25, 0.3) is 5.56 Å². The van der Waals surface area contributed by atoms with Crippen LogP contribution in [0.2, 0.25) is 0 Å². The number of fused-ring (bicyclic) bond motifs is 1. The molecule has 0 aliphatic carbocycles. The third-order valence-corrected chi connectivity index (χ3v) is 4.52. The van der Waals surface area contributed by atoms with E-state index in [-0.39, 0.29) is 17.1 Å². The quantitative estimate of drug-likeness (QED) is 0.519. The number of phenols is 1. The number of hydrogen-bond donors (Lipinski definition) is 3. The molecule has 0 amide bonds. The molecule has 2 aromatic carbocycles. The minimum absolute atomic E-state index is 0.00586. The molecule has 0 unspecified atom stereocenters. The number of aromatic amines is 2. The van der Waals surface area contributed by atoms with Gasteiger partial charge < -0.3 is 19.8 Å². The number of para-hydroxylation sites is 1. The van der Waals surface area contributed by atoms with Crippen molar-refractivity contribution in [2.45, 2.75) is 0 Å². The standard InChI is InChI=1S/C21H15N3O3/c1-27-20-8-12(6-7-19(20)25)14-9-18(24-21(26)15(14)10-22)16-11-23-17-5-3-2-4-13(16)17/h2-9,11,23,25H,1H3,(H,24,26). The maximum Gasteiger partial charge on any atom is 0.266 e. The second-order valence-corrected chi connectivity index (χ2v) is 6.05. The Morgan fingerprint density at radius 3 is 2.70 bits per heavy atom. The number of ether oxygens (including phenoxy) is 1. The number of aromatic nitrogens is 2. The monoisotopic (exact) mass is 357 g/mol. The van der Waals surface area contributed by atoms with Crippen molar-refractivity contribution in [3.63, 3.8) is 0 Å². The van der Waals surface area contributed by atoms with Crippen LogP contribution in [0.4, 0.5) is 0 Å². The molecular formula is C21H15N3O3. The van der Waals surface area contributed by atoms with Crippen LogP contribution in [0.25, 0.3) is 33.3 Å². The van der Waals surface area contributed by atoms with E-state index in [9.17, 15) is 15.2 Å². The van der Waals surface area contributed by atoms with Crippen molar-refractivity contribution in [2.75, 3.05) is 7.11 Å². The summed E-state index contributed by atoms with van der Waals surface area (Å²) in [5, 5.41) is 20.3. The van der Waals surface area contributed by atoms with E-state index >= 15 is 0 Å². The summed E-state index contributed by atoms with van der Waals surface area (Å²) in [5.74, 6) is 0.256. The van der Waals surface area contributed by atoms with E-state index in [0.717, 1.165) is 16.5 Å². The van der Waals surface area contributed by atoms with E-state index in [4.69, 9.17) is 4.74 Å². The number of nitrogens with one attached hydrogen (secondary N) is 2. The lowest BCUT2D eigenvalue weighted by Gasteiger charge is -2.10. The van der Waals surface area contributed by atoms with Gasteiger partial charge in [0.1, 0.15) is 11.6 Å². The third kappa shape index (κ3) is 2.71. The van der Waals surface area contributed by atoms with Crippen molar-refractivity contribution in [3.8, 4) is 40.0 Å². The lowest BCUT2D eigenvalue weighted by molar-refractivity contribution is 0.373. The number of benzene rings is 2. The van der Waals surface area contributed by atoms with Gasteiger partial charge in [-0.05, 0) is 29.8 Å². The Morgan fingerprint density at radius 2 is 1.93 bits per heavy atom. The number of phenolic OH excluding ortho intramolecular Hbond substituents is 1. The lowest BCUT2D eigenvalue weighted by Crippen LogP contribution is -2.12. The van der Waals surface area contributed by atoms with Gasteiger partial charge in [0.15, 0.2) is 11.5 Å². The smallest absolute Gasteiger partial charge is 0.266 e. The summed E-state index contributed by atoms with van der Waals surface area (Å²) in [6.07, 6.45) is 1.82. The Bertz CT molecular complexity index is 1260. The molecule has 2 heterocycles. The van der Waals surface area contributed by atoms with E-state index < -0.39 is 5.56 Å². The molecule has 0 saturated heterocycles. The molecule has 132 valence electrons. The van der Waals surface area contributed by atoms with E-state index in [1.165, 1.54) is 13.2 Å². The molecule has 0 bridgehead atoms. The molecule has 6 nitrogen and oxygen atoms in total. The zero-order valence-electron chi connectivity index (χ0n) is 14.4. The van der Waals surface area contributed by atoms with E-state index in [1.807, 2.05) is 36.5 Å². The van der Waals surface area contributed by atoms with Gasteiger partial charge in [-0.2, -0.15) is 5.26 Å². The van der Waals surface area contributed by atoms with Gasteiger partial charge in [0.05, 0.1) is 12.8 Å². The van der Waals surface area contributed by atoms with Gasteiger partial charge in [0, 0.05) is 28.2 Å². The van der Waals surface area contributed by atoms with E-state index in [0.29, 0.717) is 16.8 Å². The van der Waals surface area contributed by atoms with Crippen LogP contribution in [0.3, 0.4) is 0 Å². The lowest BCUT2D eigenvalue weighted by atomic mass is 9.98. The summed E-state index contributed by atoms with van der Waals surface area (Å²) >= 11 is 0. The van der Waals surface area contributed by atoms with Crippen LogP contribution < -0.4 is 10.3 Å². The van der Waals surface area contributed by atoms with Gasteiger partial charge in [-0.1, -0.05) is 24.3 Å². The summed E-state index contributed by atoms with van der Waals surface area (Å²) in [6, 6.07) is 16.2. The number of rotatable bonds is 3. The molecule has 0 atom stereocenters. The summed E-state index contributed by atoms with van der Waals surface area (Å²) in [5.41, 5.74) is 2.99. The van der Waals surface area contributed by atoms with Crippen molar-refractivity contribution in [3.05, 3.63) is 70.6 Å². The zero-order chi connectivity index (χ0) is 19.0. The van der Waals surface area contributed by atoms with Gasteiger partial charge in [0.2, 0.25) is 0 Å². The van der Waals surface area contributed by atoms with Crippen LogP contribution in [-0.2, 0) is 0 Å². The molecule has 4 aromatic rings. The molecule has 0 radical (unpaired) electrons. The Kier molecular flexibility index (Phi) is 3.90. The minimum Gasteiger partial charge on any atom is -0.504 e. The van der Waals surface area contributed by atoms with Crippen LogP contribution in [0.15, 0.2) is 59.5 Å². The summed E-state index contributed by atoms with van der Waals surface area (Å²) in [4.78, 5) is 18.5. The van der Waals surface area contributed by atoms with E-state index in [1.54, 1.807) is 18.2 Å². The molecule has 0 spiro atoms. The number of aromatic hydroxyl groups is 1. The highest BCUT2D eigenvalue weighted by Crippen LogP contribution is 2.34. The normalized spacial score (nSPS) is 10.7. The highest BCUT2D eigenvalue weighted by Gasteiger charge is 2.16. The van der Waals surface area contributed by atoms with Crippen LogP contribution in [0.1, 0.15) is 5.56 Å². The number of pyridine rings is 1. The fraction of sp³-hybridized carbons (Fsp3) is 0.0476. The maximum atomic E-state index is 12.5. The first-order chi connectivity index (χ1) is 13.1. The molecule has 3 N–H and O–H groups in total. The Hall–Kier alpha value is -3.98. The highest BCUT2D eigenvalue weighted by molar-refractivity contribution is 5.95. The molecule has 2 aromatic heterocycles. The van der Waals surface area contributed by atoms with Gasteiger partial charge in [-0.15, -0.1) is 0 Å². The SMILES string of the molecule is COc1cc(-c2cc(-c3c[nH]c4ccccc34)[nH]c(=O)c2C#N)ccc1O. The summed E-state index contributed by atoms with van der Waals surface area (Å²) in [7, 11) is 1.44. The predicted molar refractivity (Wildman–Crippen MR) is 103 cm³/mol. The minimum atomic E-state index is -0.470. The van der Waals surface area contributed by atoms with Crippen LogP contribution in [0.5, 0.6) is 11.5 Å². The average molecular weight is 357 g/mol. The van der Waals surface area contributed by atoms with Crippen molar-refractivity contribution < 1.29 is 9.84 Å². The molecular weight excluding hydrogens is 342 g/mol. The first kappa shape index (κ1) is 16.5. The topological polar surface area (TPSA) is 102 Å². The third-order valence-electron chi connectivity index (χ3n) is 4.52. The van der Waals surface area contributed by atoms with E-state index in [2.05, 4.69) is 9.97 Å². The van der Waals surface area contributed by atoms with Gasteiger partial charge >= 0.3 is 0 Å². The predicted octanol–water partition coefficient (Wildman–Crippen LogP) is 3.78. The highest BCUT2D eigenvalue weighted by atomic mass is 16.5. The zero-order valence-corrected chi connectivity index (χ0v) is 14.4.